The third-order valence-electron chi connectivity index (χ3n) is 3.45. The van der Waals surface area contributed by atoms with Crippen LogP contribution in [0.15, 0.2) is 0 Å². The summed E-state index contributed by atoms with van der Waals surface area (Å²) in [4.78, 5) is 13.7. The molecule has 0 aromatic heterocycles. The molecule has 18 heavy (non-hydrogen) atoms. The number of hydrogen-bond donors (Lipinski definition) is 0. The summed E-state index contributed by atoms with van der Waals surface area (Å²) < 4.78 is 5.41. The average molecular weight is 254 g/mol. The maximum atomic E-state index is 11.6. The van der Waals surface area contributed by atoms with Gasteiger partial charge >= 0.3 is 5.97 Å². The van der Waals surface area contributed by atoms with Crippen molar-refractivity contribution >= 4 is 5.97 Å². The highest BCUT2D eigenvalue weighted by Crippen LogP contribution is 2.15. The minimum absolute atomic E-state index is 0.0164. The topological polar surface area (TPSA) is 29.5 Å². The summed E-state index contributed by atoms with van der Waals surface area (Å²) >= 11 is 0. The molecule has 3 heteroatoms. The van der Waals surface area contributed by atoms with Crippen molar-refractivity contribution in [2.24, 2.45) is 0 Å². The van der Waals surface area contributed by atoms with Crippen molar-refractivity contribution in [1.29, 1.82) is 0 Å². The van der Waals surface area contributed by atoms with Gasteiger partial charge < -0.3 is 4.74 Å². The molecule has 0 bridgehead atoms. The lowest BCUT2D eigenvalue weighted by Gasteiger charge is -2.11. The average Bonchev–Trinajstić information content (AvgIpc) is 2.73. The van der Waals surface area contributed by atoms with E-state index in [0.29, 0.717) is 6.42 Å². The zero-order valence-electron chi connectivity index (χ0n) is 12.0. The lowest BCUT2D eigenvalue weighted by atomic mass is 10.1. The van der Waals surface area contributed by atoms with Gasteiger partial charge in [0.1, 0.15) is 6.10 Å². The fourth-order valence-corrected chi connectivity index (χ4v) is 2.32. The zero-order chi connectivity index (χ0) is 13.2. The van der Waals surface area contributed by atoms with E-state index in [0.717, 1.165) is 25.8 Å². The molecule has 1 fully saturated rings. The van der Waals surface area contributed by atoms with E-state index in [2.05, 4.69) is 18.4 Å². The van der Waals surface area contributed by atoms with Crippen LogP contribution in [0.1, 0.15) is 64.7 Å². The Balaban J connectivity index is 1.90. The van der Waals surface area contributed by atoms with Crippen LogP contribution in [0.25, 0.3) is 0 Å². The second kappa shape index (κ2) is 9.37. The predicted octanol–water partition coefficient (Wildman–Crippen LogP) is 3.54. The van der Waals surface area contributed by atoms with Crippen molar-refractivity contribution < 1.29 is 9.53 Å². The molecular weight excluding hydrogens is 226 g/mol. The van der Waals surface area contributed by atoms with Crippen molar-refractivity contribution in [3.8, 4) is 0 Å². The molecule has 1 saturated heterocycles. The van der Waals surface area contributed by atoms with Crippen LogP contribution in [-0.4, -0.2) is 30.6 Å². The monoisotopic (exact) mass is 254 g/mol. The van der Waals surface area contributed by atoms with E-state index in [9.17, 15) is 4.79 Å². The van der Waals surface area contributed by atoms with Gasteiger partial charge in [-0.25, -0.2) is 0 Å². The van der Waals surface area contributed by atoms with Crippen molar-refractivity contribution in [2.75, 3.05) is 13.6 Å². The fourth-order valence-electron chi connectivity index (χ4n) is 2.32. The van der Waals surface area contributed by atoms with Gasteiger partial charge in [-0.1, -0.05) is 45.4 Å². The normalized spacial score (nSPS) is 20.2. The Morgan fingerprint density at radius 2 is 1.89 bits per heavy atom. The van der Waals surface area contributed by atoms with Gasteiger partial charge in [0, 0.05) is 25.9 Å². The number of unbranched alkanes of at least 4 members (excludes halogenated alkanes) is 6. The number of nitrogens with zero attached hydrogens (tertiary/aromatic N) is 1. The number of carbonyl (C=O) groups excluding carboxylic acids is 1. The second-order valence-corrected chi connectivity index (χ2v) is 5.34. The first kappa shape index (κ1) is 15.5. The smallest absolute Gasteiger partial charge is 0.306 e. The highest BCUT2D eigenvalue weighted by atomic mass is 16.5. The summed E-state index contributed by atoms with van der Waals surface area (Å²) in [7, 11) is 2.02. The molecular formula is C15H28NO2. The van der Waals surface area contributed by atoms with Crippen LogP contribution in [0.4, 0.5) is 0 Å². The number of likely N-dealkylation sites (tertiary alicyclic amines) is 1. The summed E-state index contributed by atoms with van der Waals surface area (Å²) in [6.07, 6.45) is 10.2. The molecule has 1 radical (unpaired) electrons. The molecule has 0 N–H and O–H groups in total. The van der Waals surface area contributed by atoms with Crippen molar-refractivity contribution in [3.63, 3.8) is 0 Å². The summed E-state index contributed by atoms with van der Waals surface area (Å²) in [6.45, 7) is 5.17. The largest absolute Gasteiger partial charge is 0.461 e. The van der Waals surface area contributed by atoms with Crippen LogP contribution in [0.2, 0.25) is 0 Å². The molecule has 1 aliphatic heterocycles. The first-order valence-corrected chi connectivity index (χ1v) is 7.45. The standard InChI is InChI=1S/C15H28NO2/c1-3-4-5-6-7-8-9-10-15(17)18-14-11-12-16(2)13-14/h12,14H,3-11,13H2,1-2H3. The fraction of sp³-hybridized carbons (Fsp3) is 0.867. The van der Waals surface area contributed by atoms with Crippen molar-refractivity contribution in [2.45, 2.75) is 70.8 Å². The molecule has 0 aromatic carbocycles. The Morgan fingerprint density at radius 3 is 2.50 bits per heavy atom. The van der Waals surface area contributed by atoms with E-state index in [-0.39, 0.29) is 12.1 Å². The third-order valence-corrected chi connectivity index (χ3v) is 3.45. The third kappa shape index (κ3) is 7.00. The Morgan fingerprint density at radius 1 is 1.22 bits per heavy atom. The van der Waals surface area contributed by atoms with Gasteiger partial charge in [-0.2, -0.15) is 0 Å². The van der Waals surface area contributed by atoms with Crippen molar-refractivity contribution in [1.82, 2.24) is 4.90 Å². The predicted molar refractivity (Wildman–Crippen MR) is 74.0 cm³/mol. The summed E-state index contributed by atoms with van der Waals surface area (Å²) in [5.41, 5.74) is 0. The van der Waals surface area contributed by atoms with Crippen LogP contribution >= 0.6 is 0 Å². The zero-order valence-corrected chi connectivity index (χ0v) is 12.0. The molecule has 0 aliphatic carbocycles. The van der Waals surface area contributed by atoms with Gasteiger partial charge in [0.2, 0.25) is 0 Å². The first-order chi connectivity index (χ1) is 8.72. The first-order valence-electron chi connectivity index (χ1n) is 7.45. The lowest BCUT2D eigenvalue weighted by Crippen LogP contribution is -2.21. The Kier molecular flexibility index (Phi) is 8.06. The minimum atomic E-state index is -0.0164. The summed E-state index contributed by atoms with van der Waals surface area (Å²) in [6, 6.07) is 0. The lowest BCUT2D eigenvalue weighted by molar-refractivity contribution is -0.148. The van der Waals surface area contributed by atoms with Gasteiger partial charge in [-0.05, 0) is 13.5 Å². The molecule has 1 rings (SSSR count). The molecule has 0 saturated carbocycles. The Bertz CT molecular complexity index is 231. The van der Waals surface area contributed by atoms with E-state index in [1.165, 1.54) is 32.1 Å². The van der Waals surface area contributed by atoms with Gasteiger partial charge in [0.05, 0.1) is 0 Å². The highest BCUT2D eigenvalue weighted by molar-refractivity contribution is 5.69. The van der Waals surface area contributed by atoms with Crippen LogP contribution in [0, 0.1) is 6.54 Å². The molecule has 1 unspecified atom stereocenters. The highest BCUT2D eigenvalue weighted by Gasteiger charge is 2.22. The molecule has 0 spiro atoms. The summed E-state index contributed by atoms with van der Waals surface area (Å²) in [5.74, 6) is -0.0164. The number of hydrogen-bond acceptors (Lipinski definition) is 3. The second-order valence-electron chi connectivity index (χ2n) is 5.34. The maximum absolute atomic E-state index is 11.6. The van der Waals surface area contributed by atoms with Crippen LogP contribution in [-0.2, 0) is 9.53 Å². The number of esters is 1. The van der Waals surface area contributed by atoms with E-state index < -0.39 is 0 Å². The van der Waals surface area contributed by atoms with Crippen LogP contribution < -0.4 is 0 Å². The van der Waals surface area contributed by atoms with Gasteiger partial charge in [-0.3, -0.25) is 9.69 Å². The molecule has 105 valence electrons. The van der Waals surface area contributed by atoms with E-state index in [4.69, 9.17) is 4.74 Å². The summed E-state index contributed by atoms with van der Waals surface area (Å²) in [5, 5.41) is 0. The van der Waals surface area contributed by atoms with Crippen LogP contribution in [0.3, 0.4) is 0 Å². The van der Waals surface area contributed by atoms with Gasteiger partial charge in [0.25, 0.3) is 0 Å². The molecule has 3 nitrogen and oxygen atoms in total. The Labute approximate surface area is 112 Å². The maximum Gasteiger partial charge on any atom is 0.306 e. The number of carbonyl (C=O) groups is 1. The van der Waals surface area contributed by atoms with Gasteiger partial charge in [0.15, 0.2) is 0 Å². The molecule has 1 atom stereocenters. The van der Waals surface area contributed by atoms with Crippen LogP contribution in [0.5, 0.6) is 0 Å². The Hall–Kier alpha value is -0.570. The number of rotatable bonds is 9. The minimum Gasteiger partial charge on any atom is -0.461 e. The number of ether oxygens (including phenoxy) is 1. The quantitative estimate of drug-likeness (QED) is 0.465. The molecule has 0 aromatic rings. The van der Waals surface area contributed by atoms with E-state index >= 15 is 0 Å². The van der Waals surface area contributed by atoms with Gasteiger partial charge in [-0.15, -0.1) is 0 Å². The van der Waals surface area contributed by atoms with Crippen molar-refractivity contribution in [3.05, 3.63) is 6.54 Å². The SMILES string of the molecule is CCCCCCCCCC(=O)OC1C[CH]N(C)C1. The number of likely N-dealkylation sites (N-methyl/N-ethyl adjacent to an activating group) is 1. The molecule has 0 amide bonds. The molecule has 1 aliphatic rings. The molecule has 1 heterocycles. The van der Waals surface area contributed by atoms with E-state index in [1.807, 2.05) is 7.05 Å². The van der Waals surface area contributed by atoms with E-state index in [1.54, 1.807) is 0 Å².